The molecule has 100 valence electrons. The van der Waals surface area contributed by atoms with E-state index in [1.807, 2.05) is 43.3 Å². The van der Waals surface area contributed by atoms with Crippen LogP contribution in [0.25, 0.3) is 0 Å². The van der Waals surface area contributed by atoms with Crippen molar-refractivity contribution >= 4 is 15.9 Å². The third-order valence-electron chi connectivity index (χ3n) is 3.05. The maximum Gasteiger partial charge on any atom is 0.128 e. The molecule has 0 aliphatic heterocycles. The van der Waals surface area contributed by atoms with Gasteiger partial charge in [-0.3, -0.25) is 0 Å². The van der Waals surface area contributed by atoms with Crippen molar-refractivity contribution in [3.05, 3.63) is 57.6 Å². The zero-order valence-corrected chi connectivity index (χ0v) is 13.0. The van der Waals surface area contributed by atoms with Gasteiger partial charge in [-0.05, 0) is 61.7 Å². The lowest BCUT2D eigenvalue weighted by molar-refractivity contribution is 0.481. The van der Waals surface area contributed by atoms with Crippen LogP contribution < -0.4 is 10.5 Å². The van der Waals surface area contributed by atoms with Crippen LogP contribution in [0.1, 0.15) is 29.7 Å². The van der Waals surface area contributed by atoms with Crippen molar-refractivity contribution in [2.75, 3.05) is 0 Å². The molecule has 0 fully saturated rings. The number of ether oxygens (including phenoxy) is 1. The van der Waals surface area contributed by atoms with Crippen molar-refractivity contribution in [3.8, 4) is 11.5 Å². The molecule has 0 aliphatic carbocycles. The molecule has 0 radical (unpaired) electrons. The minimum Gasteiger partial charge on any atom is -0.457 e. The Morgan fingerprint density at radius 1 is 1.00 bits per heavy atom. The lowest BCUT2D eigenvalue weighted by Gasteiger charge is -2.11. The Bertz CT molecular complexity index is 553. The molecule has 1 unspecified atom stereocenters. The van der Waals surface area contributed by atoms with Gasteiger partial charge in [0.2, 0.25) is 0 Å². The fraction of sp³-hybridized carbons (Fsp3) is 0.250. The van der Waals surface area contributed by atoms with E-state index in [2.05, 4.69) is 29.8 Å². The molecule has 0 amide bonds. The molecule has 19 heavy (non-hydrogen) atoms. The summed E-state index contributed by atoms with van der Waals surface area (Å²) in [5.74, 6) is 1.68. The van der Waals surface area contributed by atoms with E-state index in [9.17, 15) is 0 Å². The second-order valence-electron chi connectivity index (χ2n) is 4.83. The highest BCUT2D eigenvalue weighted by Gasteiger charge is 2.05. The average molecular weight is 320 g/mol. The van der Waals surface area contributed by atoms with Crippen LogP contribution in [0, 0.1) is 13.8 Å². The first-order valence-electron chi connectivity index (χ1n) is 6.27. The summed E-state index contributed by atoms with van der Waals surface area (Å²) in [5, 5.41) is 0. The Labute approximate surface area is 122 Å². The molecule has 0 bridgehead atoms. The smallest absolute Gasteiger partial charge is 0.128 e. The van der Waals surface area contributed by atoms with Crippen molar-refractivity contribution in [2.24, 2.45) is 5.73 Å². The number of hydrogen-bond donors (Lipinski definition) is 1. The molecular formula is C16H18BrNO. The molecule has 2 N–H and O–H groups in total. The molecule has 0 aromatic heterocycles. The van der Waals surface area contributed by atoms with Gasteiger partial charge in [-0.25, -0.2) is 0 Å². The molecule has 0 spiro atoms. The van der Waals surface area contributed by atoms with Crippen LogP contribution >= 0.6 is 15.9 Å². The van der Waals surface area contributed by atoms with Crippen molar-refractivity contribution in [1.29, 1.82) is 0 Å². The predicted molar refractivity (Wildman–Crippen MR) is 82.7 cm³/mol. The molecule has 3 heteroatoms. The van der Waals surface area contributed by atoms with Gasteiger partial charge in [-0.1, -0.05) is 28.1 Å². The zero-order valence-electron chi connectivity index (χ0n) is 11.4. The number of nitrogens with two attached hydrogens (primary N) is 1. The van der Waals surface area contributed by atoms with Gasteiger partial charge in [0.05, 0.1) is 0 Å². The molecule has 2 aromatic rings. The van der Waals surface area contributed by atoms with Crippen LogP contribution in [0.3, 0.4) is 0 Å². The molecule has 2 rings (SSSR count). The summed E-state index contributed by atoms with van der Waals surface area (Å²) < 4.78 is 7.00. The van der Waals surface area contributed by atoms with E-state index < -0.39 is 0 Å². The van der Waals surface area contributed by atoms with E-state index in [0.29, 0.717) is 0 Å². The molecule has 0 aliphatic rings. The van der Waals surface area contributed by atoms with E-state index in [-0.39, 0.29) is 6.04 Å². The van der Waals surface area contributed by atoms with Gasteiger partial charge in [0.25, 0.3) is 0 Å². The van der Waals surface area contributed by atoms with E-state index in [0.717, 1.165) is 21.5 Å². The minimum atomic E-state index is 0.0474. The van der Waals surface area contributed by atoms with Gasteiger partial charge in [-0.2, -0.15) is 0 Å². The van der Waals surface area contributed by atoms with Gasteiger partial charge in [0.1, 0.15) is 11.5 Å². The summed E-state index contributed by atoms with van der Waals surface area (Å²) in [7, 11) is 0. The normalized spacial score (nSPS) is 12.3. The van der Waals surface area contributed by atoms with Crippen LogP contribution in [0.4, 0.5) is 0 Å². The molecule has 0 saturated carbocycles. The van der Waals surface area contributed by atoms with Gasteiger partial charge < -0.3 is 10.5 Å². The monoisotopic (exact) mass is 319 g/mol. The molecule has 2 nitrogen and oxygen atoms in total. The molecule has 0 heterocycles. The lowest BCUT2D eigenvalue weighted by Crippen LogP contribution is -2.04. The van der Waals surface area contributed by atoms with E-state index in [4.69, 9.17) is 10.5 Å². The molecular weight excluding hydrogens is 302 g/mol. The quantitative estimate of drug-likeness (QED) is 0.875. The first-order valence-corrected chi connectivity index (χ1v) is 7.07. The van der Waals surface area contributed by atoms with Crippen LogP contribution in [-0.4, -0.2) is 0 Å². The number of hydrogen-bond acceptors (Lipinski definition) is 2. The Hall–Kier alpha value is -1.32. The second-order valence-corrected chi connectivity index (χ2v) is 5.62. The number of halogens is 1. The van der Waals surface area contributed by atoms with Gasteiger partial charge in [0.15, 0.2) is 0 Å². The summed E-state index contributed by atoms with van der Waals surface area (Å²) in [5.41, 5.74) is 9.27. The van der Waals surface area contributed by atoms with Crippen molar-refractivity contribution in [3.63, 3.8) is 0 Å². The third-order valence-corrected chi connectivity index (χ3v) is 4.30. The highest BCUT2D eigenvalue weighted by Crippen LogP contribution is 2.29. The van der Waals surface area contributed by atoms with E-state index >= 15 is 0 Å². The van der Waals surface area contributed by atoms with Crippen molar-refractivity contribution in [2.45, 2.75) is 26.8 Å². The van der Waals surface area contributed by atoms with Crippen LogP contribution in [0.15, 0.2) is 40.9 Å². The zero-order chi connectivity index (χ0) is 14.0. The Balaban J connectivity index is 2.21. The second kappa shape index (κ2) is 5.76. The maximum atomic E-state index is 5.87. The Kier molecular flexibility index (Phi) is 4.27. The number of aryl methyl sites for hydroxylation is 2. The van der Waals surface area contributed by atoms with E-state index in [1.54, 1.807) is 0 Å². The van der Waals surface area contributed by atoms with Crippen LogP contribution in [0.5, 0.6) is 11.5 Å². The maximum absolute atomic E-state index is 5.87. The fourth-order valence-electron chi connectivity index (χ4n) is 1.94. The fourth-order valence-corrected chi connectivity index (χ4v) is 2.17. The van der Waals surface area contributed by atoms with Gasteiger partial charge in [-0.15, -0.1) is 0 Å². The van der Waals surface area contributed by atoms with E-state index in [1.165, 1.54) is 11.1 Å². The SMILES string of the molecule is Cc1cc(Oc2ccc(C(C)N)cc2)cc(C)c1Br. The number of rotatable bonds is 3. The van der Waals surface area contributed by atoms with Crippen molar-refractivity contribution in [1.82, 2.24) is 0 Å². The van der Waals surface area contributed by atoms with Crippen LogP contribution in [-0.2, 0) is 0 Å². The lowest BCUT2D eigenvalue weighted by atomic mass is 10.1. The topological polar surface area (TPSA) is 35.2 Å². The molecule has 2 aromatic carbocycles. The number of benzene rings is 2. The third kappa shape index (κ3) is 3.37. The largest absolute Gasteiger partial charge is 0.457 e. The Morgan fingerprint density at radius 3 is 2.00 bits per heavy atom. The first kappa shape index (κ1) is 14.1. The van der Waals surface area contributed by atoms with Gasteiger partial charge in [0, 0.05) is 10.5 Å². The minimum absolute atomic E-state index is 0.0474. The average Bonchev–Trinajstić information content (AvgIpc) is 2.36. The summed E-state index contributed by atoms with van der Waals surface area (Å²) in [6.45, 7) is 6.09. The van der Waals surface area contributed by atoms with Crippen LogP contribution in [0.2, 0.25) is 0 Å². The predicted octanol–water partition coefficient (Wildman–Crippen LogP) is 4.88. The highest BCUT2D eigenvalue weighted by molar-refractivity contribution is 9.10. The Morgan fingerprint density at radius 2 is 1.53 bits per heavy atom. The summed E-state index contributed by atoms with van der Waals surface area (Å²) in [4.78, 5) is 0. The highest BCUT2D eigenvalue weighted by atomic mass is 79.9. The standard InChI is InChI=1S/C16H18BrNO/c1-10-8-15(9-11(2)16(10)17)19-14-6-4-13(5-7-14)12(3)18/h4-9,12H,18H2,1-3H3. The van der Waals surface area contributed by atoms with Gasteiger partial charge >= 0.3 is 0 Å². The summed E-state index contributed by atoms with van der Waals surface area (Å²) >= 11 is 3.55. The molecule has 1 atom stereocenters. The molecule has 0 saturated heterocycles. The summed E-state index contributed by atoms with van der Waals surface area (Å²) in [6, 6.07) is 12.0. The first-order chi connectivity index (χ1) is 8.97. The van der Waals surface area contributed by atoms with Crippen molar-refractivity contribution < 1.29 is 4.74 Å². The summed E-state index contributed by atoms with van der Waals surface area (Å²) in [6.07, 6.45) is 0.